The average Bonchev–Trinajstić information content (AvgIpc) is 3.22. The Morgan fingerprint density at radius 2 is 2.10 bits per heavy atom. The third-order valence-corrected chi connectivity index (χ3v) is 4.54. The standard InChI is InChI=1S/C14H23N5O2/c1-14(15-2)5-7-19(8-6-14)9-11(20)16-13-18-17-12(21-13)10-3-4-10/h10,15H,3-9H2,1-2H3,(H,16,18,20). The van der Waals surface area contributed by atoms with E-state index in [-0.39, 0.29) is 17.5 Å². The van der Waals surface area contributed by atoms with Gasteiger partial charge in [0.2, 0.25) is 11.8 Å². The predicted molar refractivity (Wildman–Crippen MR) is 78.0 cm³/mol. The largest absolute Gasteiger partial charge is 0.408 e. The number of nitrogens with zero attached hydrogens (tertiary/aromatic N) is 3. The Labute approximate surface area is 124 Å². The molecule has 2 N–H and O–H groups in total. The average molecular weight is 293 g/mol. The number of piperidine rings is 1. The molecule has 2 aliphatic rings. The first-order valence-corrected chi connectivity index (χ1v) is 7.62. The first kappa shape index (κ1) is 14.5. The van der Waals surface area contributed by atoms with E-state index in [1.54, 1.807) is 0 Å². The van der Waals surface area contributed by atoms with E-state index < -0.39 is 0 Å². The van der Waals surface area contributed by atoms with Gasteiger partial charge in [0.15, 0.2) is 0 Å². The minimum absolute atomic E-state index is 0.0888. The quantitative estimate of drug-likeness (QED) is 0.841. The van der Waals surface area contributed by atoms with Crippen molar-refractivity contribution in [2.75, 3.05) is 32.0 Å². The highest BCUT2D eigenvalue weighted by Gasteiger charge is 2.30. The molecule has 0 spiro atoms. The SMILES string of the molecule is CNC1(C)CCN(CC(=O)Nc2nnc(C3CC3)o2)CC1. The second-order valence-electron chi connectivity index (χ2n) is 6.35. The summed E-state index contributed by atoms with van der Waals surface area (Å²) in [5.74, 6) is 0.964. The molecule has 7 nitrogen and oxygen atoms in total. The molecule has 0 unspecified atom stereocenters. The molecule has 0 radical (unpaired) electrons. The van der Waals surface area contributed by atoms with Crippen LogP contribution in [0.15, 0.2) is 4.42 Å². The zero-order valence-corrected chi connectivity index (χ0v) is 12.7. The number of carbonyl (C=O) groups excluding carboxylic acids is 1. The molecule has 1 aliphatic carbocycles. The van der Waals surface area contributed by atoms with Crippen LogP contribution in [-0.2, 0) is 4.79 Å². The van der Waals surface area contributed by atoms with E-state index >= 15 is 0 Å². The lowest BCUT2D eigenvalue weighted by Crippen LogP contribution is -2.51. The van der Waals surface area contributed by atoms with Crippen LogP contribution in [0.3, 0.4) is 0 Å². The second-order valence-corrected chi connectivity index (χ2v) is 6.35. The fourth-order valence-electron chi connectivity index (χ4n) is 2.60. The van der Waals surface area contributed by atoms with E-state index in [1.165, 1.54) is 0 Å². The Kier molecular flexibility index (Phi) is 3.95. The molecule has 1 aliphatic heterocycles. The molecule has 0 bridgehead atoms. The predicted octanol–water partition coefficient (Wildman–Crippen LogP) is 0.959. The van der Waals surface area contributed by atoms with Gasteiger partial charge < -0.3 is 9.73 Å². The van der Waals surface area contributed by atoms with Crippen molar-refractivity contribution in [3.05, 3.63) is 5.89 Å². The normalized spacial score (nSPS) is 22.2. The first-order chi connectivity index (χ1) is 10.1. The number of likely N-dealkylation sites (tertiary alicyclic amines) is 1. The number of nitrogens with one attached hydrogen (secondary N) is 2. The van der Waals surface area contributed by atoms with Crippen LogP contribution in [0.1, 0.15) is 44.4 Å². The molecule has 21 heavy (non-hydrogen) atoms. The molecule has 1 amide bonds. The molecule has 2 heterocycles. The summed E-state index contributed by atoms with van der Waals surface area (Å²) in [6.45, 7) is 4.44. The molecule has 2 fully saturated rings. The molecule has 3 rings (SSSR count). The van der Waals surface area contributed by atoms with E-state index in [1.807, 2.05) is 7.05 Å². The number of rotatable bonds is 5. The summed E-state index contributed by atoms with van der Waals surface area (Å²) in [6.07, 6.45) is 4.30. The maximum Gasteiger partial charge on any atom is 0.322 e. The van der Waals surface area contributed by atoms with Crippen LogP contribution in [0.5, 0.6) is 0 Å². The highest BCUT2D eigenvalue weighted by Crippen LogP contribution is 2.39. The van der Waals surface area contributed by atoms with Crippen LogP contribution in [0, 0.1) is 0 Å². The molecule has 116 valence electrons. The molecule has 1 aromatic rings. The van der Waals surface area contributed by atoms with Crippen molar-refractivity contribution >= 4 is 11.9 Å². The van der Waals surface area contributed by atoms with Crippen molar-refractivity contribution in [1.82, 2.24) is 20.4 Å². The number of anilines is 1. The third-order valence-electron chi connectivity index (χ3n) is 4.54. The maximum absolute atomic E-state index is 12.0. The number of hydrogen-bond acceptors (Lipinski definition) is 6. The van der Waals surface area contributed by atoms with Crippen LogP contribution in [-0.4, -0.2) is 53.2 Å². The highest BCUT2D eigenvalue weighted by molar-refractivity contribution is 5.90. The molecule has 0 atom stereocenters. The zero-order chi connectivity index (χ0) is 14.9. The van der Waals surface area contributed by atoms with Crippen LogP contribution < -0.4 is 10.6 Å². The van der Waals surface area contributed by atoms with Gasteiger partial charge in [-0.15, -0.1) is 5.10 Å². The van der Waals surface area contributed by atoms with Crippen molar-refractivity contribution in [3.63, 3.8) is 0 Å². The first-order valence-electron chi connectivity index (χ1n) is 7.62. The lowest BCUT2D eigenvalue weighted by Gasteiger charge is -2.38. The Morgan fingerprint density at radius 3 is 2.71 bits per heavy atom. The summed E-state index contributed by atoms with van der Waals surface area (Å²) in [5, 5.41) is 13.9. The Hall–Kier alpha value is -1.47. The highest BCUT2D eigenvalue weighted by atomic mass is 16.4. The fraction of sp³-hybridized carbons (Fsp3) is 0.786. The summed E-state index contributed by atoms with van der Waals surface area (Å²) in [6, 6.07) is 0.221. The second kappa shape index (κ2) is 5.73. The maximum atomic E-state index is 12.0. The lowest BCUT2D eigenvalue weighted by molar-refractivity contribution is -0.117. The summed E-state index contributed by atoms with van der Waals surface area (Å²) in [4.78, 5) is 14.2. The van der Waals surface area contributed by atoms with Gasteiger partial charge in [-0.1, -0.05) is 5.10 Å². The summed E-state index contributed by atoms with van der Waals surface area (Å²) in [5.41, 5.74) is 0.193. The Bertz CT molecular complexity index is 503. The van der Waals surface area contributed by atoms with Crippen molar-refractivity contribution in [2.24, 2.45) is 0 Å². The Balaban J connectivity index is 1.45. The van der Waals surface area contributed by atoms with Crippen molar-refractivity contribution in [1.29, 1.82) is 0 Å². The van der Waals surface area contributed by atoms with E-state index in [4.69, 9.17) is 4.42 Å². The van der Waals surface area contributed by atoms with Gasteiger partial charge in [0, 0.05) is 24.5 Å². The molecule has 7 heteroatoms. The molecular formula is C14H23N5O2. The monoisotopic (exact) mass is 293 g/mol. The molecule has 1 aromatic heterocycles. The molecule has 0 aromatic carbocycles. The lowest BCUT2D eigenvalue weighted by atomic mass is 9.90. The minimum atomic E-state index is -0.0888. The van der Waals surface area contributed by atoms with E-state index in [9.17, 15) is 4.79 Å². The van der Waals surface area contributed by atoms with Gasteiger partial charge in [-0.25, -0.2) is 0 Å². The summed E-state index contributed by atoms with van der Waals surface area (Å²) in [7, 11) is 2.00. The number of amides is 1. The smallest absolute Gasteiger partial charge is 0.322 e. The van der Waals surface area contributed by atoms with Gasteiger partial charge in [-0.3, -0.25) is 15.0 Å². The van der Waals surface area contributed by atoms with Crippen molar-refractivity contribution in [3.8, 4) is 0 Å². The molecule has 1 saturated heterocycles. The van der Waals surface area contributed by atoms with Crippen molar-refractivity contribution in [2.45, 2.75) is 44.1 Å². The number of hydrogen-bond donors (Lipinski definition) is 2. The van der Waals surface area contributed by atoms with Gasteiger partial charge in [-0.05, 0) is 39.7 Å². The summed E-state index contributed by atoms with van der Waals surface area (Å²) >= 11 is 0. The van der Waals surface area contributed by atoms with Crippen molar-refractivity contribution < 1.29 is 9.21 Å². The third kappa shape index (κ3) is 3.59. The van der Waals surface area contributed by atoms with E-state index in [0.29, 0.717) is 18.4 Å². The van der Waals surface area contributed by atoms with Gasteiger partial charge in [0.1, 0.15) is 0 Å². The van der Waals surface area contributed by atoms with Crippen LogP contribution in [0.4, 0.5) is 6.01 Å². The molecular weight excluding hydrogens is 270 g/mol. The van der Waals surface area contributed by atoms with Gasteiger partial charge in [0.05, 0.1) is 6.54 Å². The van der Waals surface area contributed by atoms with E-state index in [2.05, 4.69) is 32.7 Å². The molecule has 1 saturated carbocycles. The Morgan fingerprint density at radius 1 is 1.38 bits per heavy atom. The summed E-state index contributed by atoms with van der Waals surface area (Å²) < 4.78 is 5.44. The number of carbonyl (C=O) groups is 1. The van der Waals surface area contributed by atoms with Gasteiger partial charge in [-0.2, -0.15) is 0 Å². The van der Waals surface area contributed by atoms with Gasteiger partial charge >= 0.3 is 6.01 Å². The minimum Gasteiger partial charge on any atom is -0.408 e. The van der Waals surface area contributed by atoms with E-state index in [0.717, 1.165) is 38.8 Å². The van der Waals surface area contributed by atoms with Crippen LogP contribution >= 0.6 is 0 Å². The fourth-order valence-corrected chi connectivity index (χ4v) is 2.60. The van der Waals surface area contributed by atoms with Gasteiger partial charge in [0.25, 0.3) is 0 Å². The topological polar surface area (TPSA) is 83.3 Å². The number of aromatic nitrogens is 2. The van der Waals surface area contributed by atoms with Crippen LogP contribution in [0.25, 0.3) is 0 Å². The zero-order valence-electron chi connectivity index (χ0n) is 12.7. The van der Waals surface area contributed by atoms with Crippen LogP contribution in [0.2, 0.25) is 0 Å².